The van der Waals surface area contributed by atoms with Crippen molar-refractivity contribution in [3.05, 3.63) is 29.3 Å². The molecule has 0 bridgehead atoms. The lowest BCUT2D eigenvalue weighted by Gasteiger charge is -2.13. The molecule has 1 unspecified atom stereocenters. The van der Waals surface area contributed by atoms with Crippen LogP contribution >= 0.6 is 0 Å². The van der Waals surface area contributed by atoms with Crippen LogP contribution in [-0.4, -0.2) is 13.2 Å². The quantitative estimate of drug-likeness (QED) is 0.764. The Hall–Kier alpha value is -1.53. The first-order chi connectivity index (χ1) is 7.71. The number of hydrogen-bond donors (Lipinski definition) is 0. The van der Waals surface area contributed by atoms with Crippen LogP contribution in [0.1, 0.15) is 31.4 Å². The van der Waals surface area contributed by atoms with Crippen LogP contribution in [0.5, 0.6) is 5.75 Å². The third-order valence-electron chi connectivity index (χ3n) is 2.51. The summed E-state index contributed by atoms with van der Waals surface area (Å²) < 4.78 is 10.9. The second kappa shape index (κ2) is 6.14. The first kappa shape index (κ1) is 12.5. The van der Waals surface area contributed by atoms with Gasteiger partial charge in [0.15, 0.2) is 0 Å². The lowest BCUT2D eigenvalue weighted by atomic mass is 10.1. The zero-order chi connectivity index (χ0) is 12.0. The van der Waals surface area contributed by atoms with Crippen molar-refractivity contribution in [3.8, 4) is 11.8 Å². The van der Waals surface area contributed by atoms with E-state index in [2.05, 4.69) is 13.0 Å². The van der Waals surface area contributed by atoms with Crippen molar-refractivity contribution in [1.29, 1.82) is 5.26 Å². The van der Waals surface area contributed by atoms with Crippen molar-refractivity contribution >= 4 is 0 Å². The van der Waals surface area contributed by atoms with E-state index in [0.717, 1.165) is 17.7 Å². The summed E-state index contributed by atoms with van der Waals surface area (Å²) in [6, 6.07) is 7.46. The third kappa shape index (κ3) is 3.25. The normalized spacial score (nSPS) is 11.9. The summed E-state index contributed by atoms with van der Waals surface area (Å²) in [5.74, 6) is 0.766. The fraction of sp³-hybridized carbons (Fsp3) is 0.462. The molecule has 0 N–H and O–H groups in total. The third-order valence-corrected chi connectivity index (χ3v) is 2.51. The number of nitriles is 1. The minimum absolute atomic E-state index is 0.218. The molecule has 0 amide bonds. The van der Waals surface area contributed by atoms with Gasteiger partial charge in [-0.15, -0.1) is 0 Å². The van der Waals surface area contributed by atoms with Crippen molar-refractivity contribution in [2.75, 3.05) is 7.11 Å². The minimum atomic E-state index is 0.218. The Morgan fingerprint density at radius 3 is 2.75 bits per heavy atom. The van der Waals surface area contributed by atoms with E-state index in [-0.39, 0.29) is 6.10 Å². The Bertz CT molecular complexity index is 382. The molecule has 0 saturated heterocycles. The minimum Gasteiger partial charge on any atom is -0.496 e. The Morgan fingerprint density at radius 2 is 2.19 bits per heavy atom. The molecule has 0 aliphatic carbocycles. The van der Waals surface area contributed by atoms with Crippen molar-refractivity contribution in [1.82, 2.24) is 0 Å². The summed E-state index contributed by atoms with van der Waals surface area (Å²) in [5.41, 5.74) is 1.55. The molecule has 0 spiro atoms. The summed E-state index contributed by atoms with van der Waals surface area (Å²) in [6.45, 7) is 4.59. The van der Waals surface area contributed by atoms with Crippen molar-refractivity contribution in [2.45, 2.75) is 33.0 Å². The van der Waals surface area contributed by atoms with Gasteiger partial charge in [-0.1, -0.05) is 6.92 Å². The average molecular weight is 219 g/mol. The predicted molar refractivity (Wildman–Crippen MR) is 62.3 cm³/mol. The van der Waals surface area contributed by atoms with Crippen LogP contribution in [0.3, 0.4) is 0 Å². The lowest BCUT2D eigenvalue weighted by molar-refractivity contribution is 0.0497. The van der Waals surface area contributed by atoms with E-state index in [1.165, 1.54) is 0 Å². The maximum absolute atomic E-state index is 8.82. The molecule has 0 radical (unpaired) electrons. The molecule has 0 aliphatic rings. The van der Waals surface area contributed by atoms with Crippen LogP contribution in [-0.2, 0) is 11.3 Å². The molecule has 0 fully saturated rings. The summed E-state index contributed by atoms with van der Waals surface area (Å²) in [6.07, 6.45) is 1.19. The van der Waals surface area contributed by atoms with Crippen LogP contribution < -0.4 is 4.74 Å². The summed E-state index contributed by atoms with van der Waals surface area (Å²) in [7, 11) is 1.62. The zero-order valence-corrected chi connectivity index (χ0v) is 9.99. The highest BCUT2D eigenvalue weighted by Gasteiger charge is 2.06. The van der Waals surface area contributed by atoms with E-state index in [9.17, 15) is 0 Å². The van der Waals surface area contributed by atoms with Crippen LogP contribution in [0.4, 0.5) is 0 Å². The average Bonchev–Trinajstić information content (AvgIpc) is 2.35. The first-order valence-corrected chi connectivity index (χ1v) is 5.39. The molecule has 1 aromatic carbocycles. The molecular formula is C13H17NO2. The van der Waals surface area contributed by atoms with E-state index < -0.39 is 0 Å². The molecular weight excluding hydrogens is 202 g/mol. The molecule has 3 nitrogen and oxygen atoms in total. The van der Waals surface area contributed by atoms with Gasteiger partial charge in [0, 0.05) is 5.56 Å². The first-order valence-electron chi connectivity index (χ1n) is 5.39. The summed E-state index contributed by atoms with van der Waals surface area (Å²) in [5, 5.41) is 8.82. The molecule has 16 heavy (non-hydrogen) atoms. The fourth-order valence-electron chi connectivity index (χ4n) is 1.31. The topological polar surface area (TPSA) is 42.2 Å². The van der Waals surface area contributed by atoms with E-state index in [1.54, 1.807) is 25.3 Å². The number of hydrogen-bond acceptors (Lipinski definition) is 3. The van der Waals surface area contributed by atoms with Crippen LogP contribution in [0.25, 0.3) is 0 Å². The Balaban J connectivity index is 2.80. The second-order valence-corrected chi connectivity index (χ2v) is 3.67. The number of nitrogens with zero attached hydrogens (tertiary/aromatic N) is 1. The van der Waals surface area contributed by atoms with Crippen molar-refractivity contribution < 1.29 is 9.47 Å². The van der Waals surface area contributed by atoms with Gasteiger partial charge in [0.2, 0.25) is 0 Å². The predicted octanol–water partition coefficient (Wildman–Crippen LogP) is 2.88. The van der Waals surface area contributed by atoms with Gasteiger partial charge in [-0.3, -0.25) is 0 Å². The van der Waals surface area contributed by atoms with Crippen LogP contribution in [0.2, 0.25) is 0 Å². The number of methoxy groups -OCH3 is 1. The number of benzene rings is 1. The van der Waals surface area contributed by atoms with Crippen molar-refractivity contribution in [2.24, 2.45) is 0 Å². The molecule has 0 aliphatic heterocycles. The molecule has 86 valence electrons. The fourth-order valence-corrected chi connectivity index (χ4v) is 1.31. The molecule has 0 heterocycles. The smallest absolute Gasteiger partial charge is 0.124 e. The highest BCUT2D eigenvalue weighted by molar-refractivity contribution is 5.41. The van der Waals surface area contributed by atoms with Crippen LogP contribution in [0, 0.1) is 11.3 Å². The monoisotopic (exact) mass is 219 g/mol. The van der Waals surface area contributed by atoms with Gasteiger partial charge in [0.05, 0.1) is 31.5 Å². The van der Waals surface area contributed by atoms with Gasteiger partial charge >= 0.3 is 0 Å². The Labute approximate surface area is 96.6 Å². The number of rotatable bonds is 5. The highest BCUT2D eigenvalue weighted by atomic mass is 16.5. The standard InChI is InChI=1S/C13H17NO2/c1-4-10(2)16-9-12-7-11(8-14)5-6-13(12)15-3/h5-7,10H,4,9H2,1-3H3. The molecule has 1 atom stereocenters. The zero-order valence-electron chi connectivity index (χ0n) is 9.99. The SMILES string of the molecule is CCC(C)OCc1cc(C#N)ccc1OC. The van der Waals surface area contributed by atoms with E-state index >= 15 is 0 Å². The lowest BCUT2D eigenvalue weighted by Crippen LogP contribution is -2.07. The largest absolute Gasteiger partial charge is 0.496 e. The second-order valence-electron chi connectivity index (χ2n) is 3.67. The summed E-state index contributed by atoms with van der Waals surface area (Å²) in [4.78, 5) is 0. The van der Waals surface area contributed by atoms with Crippen molar-refractivity contribution in [3.63, 3.8) is 0 Å². The molecule has 0 aromatic heterocycles. The number of ether oxygens (including phenoxy) is 2. The maximum atomic E-state index is 8.82. The Kier molecular flexibility index (Phi) is 4.81. The molecule has 0 saturated carbocycles. The van der Waals surface area contributed by atoms with Gasteiger partial charge in [0.1, 0.15) is 5.75 Å². The Morgan fingerprint density at radius 1 is 1.44 bits per heavy atom. The van der Waals surface area contributed by atoms with E-state index in [1.807, 2.05) is 6.92 Å². The van der Waals surface area contributed by atoms with E-state index in [4.69, 9.17) is 14.7 Å². The maximum Gasteiger partial charge on any atom is 0.124 e. The molecule has 1 aromatic rings. The van der Waals surface area contributed by atoms with Gasteiger partial charge in [0.25, 0.3) is 0 Å². The van der Waals surface area contributed by atoms with E-state index in [0.29, 0.717) is 12.2 Å². The van der Waals surface area contributed by atoms with Crippen LogP contribution in [0.15, 0.2) is 18.2 Å². The highest BCUT2D eigenvalue weighted by Crippen LogP contribution is 2.21. The summed E-state index contributed by atoms with van der Waals surface area (Å²) >= 11 is 0. The van der Waals surface area contributed by atoms with Gasteiger partial charge in [-0.2, -0.15) is 5.26 Å². The van der Waals surface area contributed by atoms with Gasteiger partial charge < -0.3 is 9.47 Å². The van der Waals surface area contributed by atoms with Gasteiger partial charge in [-0.05, 0) is 31.5 Å². The molecule has 1 rings (SSSR count). The van der Waals surface area contributed by atoms with Gasteiger partial charge in [-0.25, -0.2) is 0 Å². The molecule has 3 heteroatoms.